The fourth-order valence-corrected chi connectivity index (χ4v) is 1.31. The fraction of sp³-hybridized carbons (Fsp3) is 0.462. The standard InChI is InChI=1S/C13H19FN2O2/c1-8(12(17)16-13(2,3)4)18-9-5-6-11(15)10(14)7-9/h5-8H,15H2,1-4H3,(H,16,17). The molecule has 0 aliphatic rings. The Kier molecular flexibility index (Phi) is 4.16. The number of hydrogen-bond donors (Lipinski definition) is 2. The molecule has 0 radical (unpaired) electrons. The monoisotopic (exact) mass is 254 g/mol. The minimum atomic E-state index is -0.702. The van der Waals surface area contributed by atoms with Crippen molar-refractivity contribution < 1.29 is 13.9 Å². The number of nitrogens with two attached hydrogens (primary N) is 1. The van der Waals surface area contributed by atoms with E-state index in [1.165, 1.54) is 12.1 Å². The summed E-state index contributed by atoms with van der Waals surface area (Å²) in [7, 11) is 0. The van der Waals surface area contributed by atoms with Gasteiger partial charge in [0.25, 0.3) is 5.91 Å². The second-order valence-corrected chi connectivity index (χ2v) is 5.18. The average molecular weight is 254 g/mol. The molecule has 0 aromatic heterocycles. The highest BCUT2D eigenvalue weighted by atomic mass is 19.1. The first-order valence-electron chi connectivity index (χ1n) is 5.73. The number of hydrogen-bond acceptors (Lipinski definition) is 3. The molecule has 18 heavy (non-hydrogen) atoms. The zero-order valence-corrected chi connectivity index (χ0v) is 11.1. The predicted octanol–water partition coefficient (Wildman–Crippen LogP) is 2.09. The summed E-state index contributed by atoms with van der Waals surface area (Å²) in [5.74, 6) is -0.533. The third kappa shape index (κ3) is 4.24. The number of anilines is 1. The van der Waals surface area contributed by atoms with Crippen LogP contribution in [-0.2, 0) is 4.79 Å². The van der Waals surface area contributed by atoms with Crippen molar-refractivity contribution in [3.05, 3.63) is 24.0 Å². The molecule has 1 aromatic carbocycles. The van der Waals surface area contributed by atoms with Crippen LogP contribution in [0.15, 0.2) is 18.2 Å². The zero-order valence-electron chi connectivity index (χ0n) is 11.1. The highest BCUT2D eigenvalue weighted by Crippen LogP contribution is 2.19. The molecule has 4 nitrogen and oxygen atoms in total. The van der Waals surface area contributed by atoms with Crippen LogP contribution in [0.3, 0.4) is 0 Å². The summed E-state index contributed by atoms with van der Waals surface area (Å²) in [5, 5.41) is 2.78. The van der Waals surface area contributed by atoms with Gasteiger partial charge in [-0.3, -0.25) is 4.79 Å². The Hall–Kier alpha value is -1.78. The van der Waals surface area contributed by atoms with Crippen LogP contribution in [0.25, 0.3) is 0 Å². The molecule has 1 atom stereocenters. The molecule has 1 rings (SSSR count). The van der Waals surface area contributed by atoms with Gasteiger partial charge in [0.15, 0.2) is 6.10 Å². The number of nitrogens with one attached hydrogen (secondary N) is 1. The molecule has 1 amide bonds. The van der Waals surface area contributed by atoms with Gasteiger partial charge in [-0.05, 0) is 39.8 Å². The maximum Gasteiger partial charge on any atom is 0.261 e. The number of amides is 1. The van der Waals surface area contributed by atoms with Gasteiger partial charge in [0.05, 0.1) is 5.69 Å². The first-order valence-corrected chi connectivity index (χ1v) is 5.73. The molecule has 5 heteroatoms. The molecule has 0 fully saturated rings. The number of rotatable bonds is 3. The van der Waals surface area contributed by atoms with E-state index in [4.69, 9.17) is 10.5 Å². The van der Waals surface area contributed by atoms with Crippen molar-refractivity contribution in [2.24, 2.45) is 0 Å². The molecule has 100 valence electrons. The Morgan fingerprint density at radius 1 is 1.44 bits per heavy atom. The molecule has 0 aliphatic heterocycles. The van der Waals surface area contributed by atoms with Gasteiger partial charge in [-0.15, -0.1) is 0 Å². The minimum Gasteiger partial charge on any atom is -0.481 e. The second kappa shape index (κ2) is 5.25. The molecule has 0 saturated heterocycles. The van der Waals surface area contributed by atoms with E-state index in [2.05, 4.69) is 5.32 Å². The van der Waals surface area contributed by atoms with E-state index in [-0.39, 0.29) is 22.9 Å². The first kappa shape index (κ1) is 14.3. The van der Waals surface area contributed by atoms with Crippen LogP contribution in [0.5, 0.6) is 5.75 Å². The maximum atomic E-state index is 13.2. The van der Waals surface area contributed by atoms with Gasteiger partial charge >= 0.3 is 0 Å². The molecule has 0 spiro atoms. The quantitative estimate of drug-likeness (QED) is 0.812. The third-order valence-corrected chi connectivity index (χ3v) is 2.15. The summed E-state index contributed by atoms with van der Waals surface area (Å²) >= 11 is 0. The average Bonchev–Trinajstić information content (AvgIpc) is 2.21. The predicted molar refractivity (Wildman–Crippen MR) is 68.8 cm³/mol. The van der Waals surface area contributed by atoms with Crippen LogP contribution in [0.2, 0.25) is 0 Å². The smallest absolute Gasteiger partial charge is 0.261 e. The molecular formula is C13H19FN2O2. The molecule has 1 unspecified atom stereocenters. The van der Waals surface area contributed by atoms with E-state index in [1.807, 2.05) is 20.8 Å². The first-order chi connectivity index (χ1) is 8.19. The highest BCUT2D eigenvalue weighted by molar-refractivity contribution is 5.81. The topological polar surface area (TPSA) is 64.3 Å². The summed E-state index contributed by atoms with van der Waals surface area (Å²) in [4.78, 5) is 11.8. The van der Waals surface area contributed by atoms with E-state index >= 15 is 0 Å². The van der Waals surface area contributed by atoms with Gasteiger partial charge in [-0.25, -0.2) is 4.39 Å². The lowest BCUT2D eigenvalue weighted by Gasteiger charge is -2.23. The van der Waals surface area contributed by atoms with Crippen LogP contribution >= 0.6 is 0 Å². The Bertz CT molecular complexity index is 441. The van der Waals surface area contributed by atoms with Gasteiger partial charge in [-0.2, -0.15) is 0 Å². The largest absolute Gasteiger partial charge is 0.481 e. The van der Waals surface area contributed by atoms with E-state index in [0.717, 1.165) is 6.07 Å². The number of benzene rings is 1. The van der Waals surface area contributed by atoms with E-state index in [1.54, 1.807) is 6.92 Å². The fourth-order valence-electron chi connectivity index (χ4n) is 1.31. The second-order valence-electron chi connectivity index (χ2n) is 5.18. The van der Waals surface area contributed by atoms with Crippen molar-refractivity contribution >= 4 is 11.6 Å². The number of nitrogen functional groups attached to an aromatic ring is 1. The van der Waals surface area contributed by atoms with Gasteiger partial charge in [-0.1, -0.05) is 0 Å². The molecular weight excluding hydrogens is 235 g/mol. The lowest BCUT2D eigenvalue weighted by atomic mass is 10.1. The summed E-state index contributed by atoms with van der Waals surface area (Å²) in [5.41, 5.74) is 5.07. The van der Waals surface area contributed by atoms with Crippen molar-refractivity contribution in [2.45, 2.75) is 39.3 Å². The third-order valence-electron chi connectivity index (χ3n) is 2.15. The highest BCUT2D eigenvalue weighted by Gasteiger charge is 2.20. The summed E-state index contributed by atoms with van der Waals surface area (Å²) in [6.07, 6.45) is -0.702. The van der Waals surface area contributed by atoms with Crippen LogP contribution < -0.4 is 15.8 Å². The van der Waals surface area contributed by atoms with Crippen LogP contribution in [0.1, 0.15) is 27.7 Å². The van der Waals surface area contributed by atoms with Crippen molar-refractivity contribution in [3.63, 3.8) is 0 Å². The lowest BCUT2D eigenvalue weighted by Crippen LogP contribution is -2.46. The Morgan fingerprint density at radius 2 is 2.06 bits per heavy atom. The lowest BCUT2D eigenvalue weighted by molar-refractivity contribution is -0.128. The normalized spacial score (nSPS) is 12.9. The summed E-state index contributed by atoms with van der Waals surface area (Å²) in [6.45, 7) is 7.23. The zero-order chi connectivity index (χ0) is 13.9. The number of ether oxygens (including phenoxy) is 1. The van der Waals surface area contributed by atoms with Crippen molar-refractivity contribution in [3.8, 4) is 5.75 Å². The summed E-state index contributed by atoms with van der Waals surface area (Å²) in [6, 6.07) is 4.09. The van der Waals surface area contributed by atoms with Crippen LogP contribution in [0, 0.1) is 5.82 Å². The molecule has 3 N–H and O–H groups in total. The molecule has 0 saturated carbocycles. The van der Waals surface area contributed by atoms with E-state index in [0.29, 0.717) is 0 Å². The van der Waals surface area contributed by atoms with E-state index in [9.17, 15) is 9.18 Å². The van der Waals surface area contributed by atoms with Crippen LogP contribution in [-0.4, -0.2) is 17.6 Å². The van der Waals surface area contributed by atoms with Gasteiger partial charge in [0.1, 0.15) is 11.6 Å². The summed E-state index contributed by atoms with van der Waals surface area (Å²) < 4.78 is 18.5. The number of carbonyl (C=O) groups is 1. The molecule has 0 heterocycles. The number of carbonyl (C=O) groups excluding carboxylic acids is 1. The SMILES string of the molecule is CC(Oc1ccc(N)c(F)c1)C(=O)NC(C)(C)C. The minimum absolute atomic E-state index is 0.0501. The Balaban J connectivity index is 2.66. The van der Waals surface area contributed by atoms with Crippen molar-refractivity contribution in [1.29, 1.82) is 0 Å². The van der Waals surface area contributed by atoms with E-state index < -0.39 is 11.9 Å². The Labute approximate surface area is 106 Å². The van der Waals surface area contributed by atoms with Crippen LogP contribution in [0.4, 0.5) is 10.1 Å². The molecule has 0 aliphatic carbocycles. The van der Waals surface area contributed by atoms with Crippen molar-refractivity contribution in [1.82, 2.24) is 5.32 Å². The van der Waals surface area contributed by atoms with Gasteiger partial charge < -0.3 is 15.8 Å². The van der Waals surface area contributed by atoms with Gasteiger partial charge in [0, 0.05) is 11.6 Å². The van der Waals surface area contributed by atoms with Gasteiger partial charge in [0.2, 0.25) is 0 Å². The maximum absolute atomic E-state index is 13.2. The Morgan fingerprint density at radius 3 is 2.56 bits per heavy atom. The number of halogens is 1. The molecule has 1 aromatic rings. The molecule has 0 bridgehead atoms. The van der Waals surface area contributed by atoms with Crippen molar-refractivity contribution in [2.75, 3.05) is 5.73 Å².